The molecule has 1 N–H and O–H groups in total. The van der Waals surface area contributed by atoms with E-state index in [1.54, 1.807) is 0 Å². The highest BCUT2D eigenvalue weighted by molar-refractivity contribution is 4.56. The van der Waals surface area contributed by atoms with Crippen LogP contribution >= 0.6 is 0 Å². The van der Waals surface area contributed by atoms with Gasteiger partial charge in [-0.15, -0.1) is 0 Å². The Morgan fingerprint density at radius 3 is 2.33 bits per heavy atom. The molecule has 0 radical (unpaired) electrons. The predicted octanol–water partition coefficient (Wildman–Crippen LogP) is 3.33. The van der Waals surface area contributed by atoms with Crippen LogP contribution in [0.3, 0.4) is 0 Å². The molecule has 2 heteroatoms. The van der Waals surface area contributed by atoms with Gasteiger partial charge < -0.3 is 0 Å². The zero-order valence-corrected chi connectivity index (χ0v) is 8.55. The Kier molecular flexibility index (Phi) is 7.51. The monoisotopic (exact) mass is 174 g/mol. The van der Waals surface area contributed by atoms with Gasteiger partial charge in [-0.2, -0.15) is 0 Å². The molecule has 0 fully saturated rings. The average molecular weight is 174 g/mol. The van der Waals surface area contributed by atoms with E-state index in [0.717, 1.165) is 24.7 Å². The smallest absolute Gasteiger partial charge is 0.0819 e. The molecule has 0 aliphatic rings. The van der Waals surface area contributed by atoms with Gasteiger partial charge in [-0.3, -0.25) is 5.26 Å². The van der Waals surface area contributed by atoms with E-state index in [1.807, 2.05) is 0 Å². The fraction of sp³-hybridized carbons (Fsp3) is 1.00. The standard InChI is InChI=1S/C10H22O2/c1-9(2)8-10(3)6-4-5-7-12-11/h9-11H,4-8H2,1-3H3. The van der Waals surface area contributed by atoms with Crippen molar-refractivity contribution in [2.24, 2.45) is 11.8 Å². The highest BCUT2D eigenvalue weighted by Crippen LogP contribution is 2.16. The molecule has 2 nitrogen and oxygen atoms in total. The third kappa shape index (κ3) is 8.02. The van der Waals surface area contributed by atoms with Gasteiger partial charge >= 0.3 is 0 Å². The molecule has 0 bridgehead atoms. The summed E-state index contributed by atoms with van der Waals surface area (Å²) in [6, 6.07) is 0. The maximum atomic E-state index is 8.08. The molecule has 0 spiro atoms. The second-order valence-corrected chi connectivity index (χ2v) is 4.06. The van der Waals surface area contributed by atoms with Crippen LogP contribution in [0.5, 0.6) is 0 Å². The van der Waals surface area contributed by atoms with Crippen LogP contribution in [0.25, 0.3) is 0 Å². The van der Waals surface area contributed by atoms with Crippen LogP contribution in [-0.4, -0.2) is 11.9 Å². The third-order valence-electron chi connectivity index (χ3n) is 2.06. The van der Waals surface area contributed by atoms with Crippen LogP contribution < -0.4 is 0 Å². The van der Waals surface area contributed by atoms with Crippen molar-refractivity contribution in [3.05, 3.63) is 0 Å². The fourth-order valence-electron chi connectivity index (χ4n) is 1.58. The molecule has 1 unspecified atom stereocenters. The average Bonchev–Trinajstić information content (AvgIpc) is 1.97. The lowest BCUT2D eigenvalue weighted by Crippen LogP contribution is -2.00. The second-order valence-electron chi connectivity index (χ2n) is 4.06. The summed E-state index contributed by atoms with van der Waals surface area (Å²) < 4.78 is 0. The highest BCUT2D eigenvalue weighted by Gasteiger charge is 2.04. The van der Waals surface area contributed by atoms with Crippen LogP contribution in [0.15, 0.2) is 0 Å². The molecule has 0 aromatic rings. The Bertz CT molecular complexity index is 91.8. The summed E-state index contributed by atoms with van der Waals surface area (Å²) in [5.41, 5.74) is 0. The molecule has 0 aromatic heterocycles. The lowest BCUT2D eigenvalue weighted by molar-refractivity contribution is -0.242. The second kappa shape index (κ2) is 7.56. The highest BCUT2D eigenvalue weighted by atomic mass is 17.1. The Morgan fingerprint density at radius 1 is 1.17 bits per heavy atom. The van der Waals surface area contributed by atoms with Gasteiger partial charge in [-0.05, 0) is 24.7 Å². The van der Waals surface area contributed by atoms with Crippen molar-refractivity contribution in [1.82, 2.24) is 0 Å². The molecule has 0 saturated heterocycles. The van der Waals surface area contributed by atoms with Crippen molar-refractivity contribution in [1.29, 1.82) is 0 Å². The molecule has 0 aliphatic heterocycles. The van der Waals surface area contributed by atoms with E-state index in [0.29, 0.717) is 6.61 Å². The normalized spacial score (nSPS) is 13.8. The van der Waals surface area contributed by atoms with Gasteiger partial charge in [0.25, 0.3) is 0 Å². The third-order valence-corrected chi connectivity index (χ3v) is 2.06. The van der Waals surface area contributed by atoms with Crippen LogP contribution in [0, 0.1) is 11.8 Å². The first-order chi connectivity index (χ1) is 5.66. The van der Waals surface area contributed by atoms with Gasteiger partial charge in [0.2, 0.25) is 0 Å². The summed E-state index contributed by atoms with van der Waals surface area (Å²) in [4.78, 5) is 4.00. The van der Waals surface area contributed by atoms with Crippen molar-refractivity contribution in [3.8, 4) is 0 Å². The fourth-order valence-corrected chi connectivity index (χ4v) is 1.58. The quantitative estimate of drug-likeness (QED) is 0.364. The lowest BCUT2D eigenvalue weighted by atomic mass is 9.94. The van der Waals surface area contributed by atoms with Gasteiger partial charge in [-0.1, -0.05) is 33.6 Å². The lowest BCUT2D eigenvalue weighted by Gasteiger charge is -2.12. The summed E-state index contributed by atoms with van der Waals surface area (Å²) in [6.45, 7) is 7.29. The van der Waals surface area contributed by atoms with E-state index in [1.165, 1.54) is 12.8 Å². The van der Waals surface area contributed by atoms with Gasteiger partial charge in [0.1, 0.15) is 0 Å². The summed E-state index contributed by atoms with van der Waals surface area (Å²) in [5.74, 6) is 1.61. The molecule has 0 heterocycles. The largest absolute Gasteiger partial charge is 0.252 e. The number of rotatable bonds is 7. The predicted molar refractivity (Wildman–Crippen MR) is 51.1 cm³/mol. The first kappa shape index (κ1) is 11.9. The van der Waals surface area contributed by atoms with E-state index in [2.05, 4.69) is 25.7 Å². The summed E-state index contributed by atoms with van der Waals surface area (Å²) >= 11 is 0. The van der Waals surface area contributed by atoms with Crippen LogP contribution in [0.2, 0.25) is 0 Å². The van der Waals surface area contributed by atoms with E-state index in [4.69, 9.17) is 5.26 Å². The zero-order chi connectivity index (χ0) is 9.40. The Morgan fingerprint density at radius 2 is 1.83 bits per heavy atom. The molecule has 12 heavy (non-hydrogen) atoms. The number of hydrogen-bond donors (Lipinski definition) is 1. The molecular weight excluding hydrogens is 152 g/mol. The van der Waals surface area contributed by atoms with Crippen molar-refractivity contribution < 1.29 is 10.1 Å². The molecule has 0 aliphatic carbocycles. The minimum Gasteiger partial charge on any atom is -0.252 e. The molecule has 0 rings (SSSR count). The minimum absolute atomic E-state index is 0.481. The molecule has 1 atom stereocenters. The maximum absolute atomic E-state index is 8.08. The van der Waals surface area contributed by atoms with Gasteiger partial charge in [0.05, 0.1) is 6.61 Å². The van der Waals surface area contributed by atoms with Gasteiger partial charge in [0.15, 0.2) is 0 Å². The first-order valence-corrected chi connectivity index (χ1v) is 4.93. The van der Waals surface area contributed by atoms with Crippen molar-refractivity contribution in [2.75, 3.05) is 6.61 Å². The van der Waals surface area contributed by atoms with Crippen molar-refractivity contribution in [2.45, 2.75) is 46.5 Å². The molecular formula is C10H22O2. The minimum atomic E-state index is 0.481. The zero-order valence-electron chi connectivity index (χ0n) is 8.55. The molecule has 0 saturated carbocycles. The van der Waals surface area contributed by atoms with Crippen LogP contribution in [0.4, 0.5) is 0 Å². The Hall–Kier alpha value is -0.0800. The summed E-state index contributed by atoms with van der Waals surface area (Å²) in [7, 11) is 0. The Balaban J connectivity index is 3.14. The number of unbranched alkanes of at least 4 members (excludes halogenated alkanes) is 1. The first-order valence-electron chi connectivity index (χ1n) is 4.93. The van der Waals surface area contributed by atoms with E-state index in [9.17, 15) is 0 Å². The van der Waals surface area contributed by atoms with E-state index in [-0.39, 0.29) is 0 Å². The van der Waals surface area contributed by atoms with E-state index < -0.39 is 0 Å². The van der Waals surface area contributed by atoms with Crippen LogP contribution in [-0.2, 0) is 4.89 Å². The van der Waals surface area contributed by atoms with Crippen LogP contribution in [0.1, 0.15) is 46.5 Å². The topological polar surface area (TPSA) is 29.5 Å². The molecule has 0 aromatic carbocycles. The Labute approximate surface area is 75.9 Å². The summed E-state index contributed by atoms with van der Waals surface area (Å²) in [5, 5.41) is 8.08. The van der Waals surface area contributed by atoms with Crippen molar-refractivity contribution in [3.63, 3.8) is 0 Å². The maximum Gasteiger partial charge on any atom is 0.0819 e. The van der Waals surface area contributed by atoms with Gasteiger partial charge in [0, 0.05) is 0 Å². The van der Waals surface area contributed by atoms with E-state index >= 15 is 0 Å². The van der Waals surface area contributed by atoms with Crippen molar-refractivity contribution >= 4 is 0 Å². The SMILES string of the molecule is CC(C)CC(C)CCCCOO. The summed E-state index contributed by atoms with van der Waals surface area (Å²) in [6.07, 6.45) is 4.69. The van der Waals surface area contributed by atoms with Gasteiger partial charge in [-0.25, -0.2) is 4.89 Å². The molecule has 74 valence electrons. The number of hydrogen-bond acceptors (Lipinski definition) is 2. The molecule has 0 amide bonds.